The number of nitrogens with zero attached hydrogens (tertiary/aromatic N) is 2. The van der Waals surface area contributed by atoms with E-state index in [0.717, 1.165) is 17.4 Å². The van der Waals surface area contributed by atoms with E-state index in [9.17, 15) is 9.59 Å². The molecule has 0 radical (unpaired) electrons. The van der Waals surface area contributed by atoms with Gasteiger partial charge in [0.25, 0.3) is 0 Å². The highest BCUT2D eigenvalue weighted by molar-refractivity contribution is 5.97. The Kier molecular flexibility index (Phi) is 3.37. The lowest BCUT2D eigenvalue weighted by Crippen LogP contribution is -2.41. The summed E-state index contributed by atoms with van der Waals surface area (Å²) in [7, 11) is 0. The molecule has 2 atom stereocenters. The van der Waals surface area contributed by atoms with Crippen molar-refractivity contribution >= 4 is 28.5 Å². The third-order valence-electron chi connectivity index (χ3n) is 4.14. The fourth-order valence-electron chi connectivity index (χ4n) is 2.74. The van der Waals surface area contributed by atoms with Crippen LogP contribution in [0.3, 0.4) is 0 Å². The van der Waals surface area contributed by atoms with Crippen LogP contribution in [0.2, 0.25) is 0 Å². The topological polar surface area (TPSA) is 84.2 Å². The Bertz CT molecular complexity index is 707. The van der Waals surface area contributed by atoms with Crippen LogP contribution in [0.5, 0.6) is 0 Å². The van der Waals surface area contributed by atoms with Crippen molar-refractivity contribution in [2.75, 3.05) is 5.32 Å². The molecule has 110 valence electrons. The van der Waals surface area contributed by atoms with Gasteiger partial charge in [-0.05, 0) is 38.0 Å². The van der Waals surface area contributed by atoms with Gasteiger partial charge < -0.3 is 10.4 Å². The standard InChI is InChI=1S/C15H17N3O3/c1-2-18-13-7-10(4-3-9(13)8-16-18)17-14(19)11-5-6-12(11)15(20)21/h3-4,7-8,11-12H,2,5-6H2,1H3,(H,17,19)(H,20,21). The maximum atomic E-state index is 12.1. The predicted molar refractivity (Wildman–Crippen MR) is 77.9 cm³/mol. The summed E-state index contributed by atoms with van der Waals surface area (Å²) >= 11 is 0. The molecule has 2 aromatic rings. The zero-order chi connectivity index (χ0) is 15.0. The van der Waals surface area contributed by atoms with E-state index in [1.165, 1.54) is 0 Å². The zero-order valence-electron chi connectivity index (χ0n) is 11.7. The third kappa shape index (κ3) is 2.37. The van der Waals surface area contributed by atoms with Crippen molar-refractivity contribution in [1.82, 2.24) is 9.78 Å². The first-order valence-corrected chi connectivity index (χ1v) is 7.09. The number of aromatic nitrogens is 2. The largest absolute Gasteiger partial charge is 0.481 e. The van der Waals surface area contributed by atoms with Crippen LogP contribution in [0.15, 0.2) is 24.4 Å². The molecule has 21 heavy (non-hydrogen) atoms. The molecule has 1 aliphatic carbocycles. The van der Waals surface area contributed by atoms with Crippen molar-refractivity contribution in [3.05, 3.63) is 24.4 Å². The average Bonchev–Trinajstić information content (AvgIpc) is 2.78. The Morgan fingerprint density at radius 3 is 2.76 bits per heavy atom. The molecule has 1 fully saturated rings. The molecule has 0 aliphatic heterocycles. The van der Waals surface area contributed by atoms with Crippen molar-refractivity contribution in [2.24, 2.45) is 11.8 Å². The number of carboxylic acids is 1. The second-order valence-electron chi connectivity index (χ2n) is 5.35. The van der Waals surface area contributed by atoms with Crippen molar-refractivity contribution < 1.29 is 14.7 Å². The first kappa shape index (κ1) is 13.6. The smallest absolute Gasteiger partial charge is 0.307 e. The van der Waals surface area contributed by atoms with Crippen molar-refractivity contribution in [3.8, 4) is 0 Å². The number of fused-ring (bicyclic) bond motifs is 1. The van der Waals surface area contributed by atoms with E-state index in [1.54, 1.807) is 6.20 Å². The fraction of sp³-hybridized carbons (Fsp3) is 0.400. The molecule has 1 aromatic heterocycles. The SMILES string of the molecule is CCn1ncc2ccc(NC(=O)C3CCC3C(=O)O)cc21. The Labute approximate surface area is 121 Å². The van der Waals surface area contributed by atoms with Crippen molar-refractivity contribution in [1.29, 1.82) is 0 Å². The van der Waals surface area contributed by atoms with E-state index < -0.39 is 17.8 Å². The van der Waals surface area contributed by atoms with Crippen molar-refractivity contribution in [3.63, 3.8) is 0 Å². The minimum absolute atomic E-state index is 0.212. The van der Waals surface area contributed by atoms with Gasteiger partial charge in [0, 0.05) is 17.6 Å². The van der Waals surface area contributed by atoms with Gasteiger partial charge in [0.1, 0.15) is 0 Å². The molecule has 6 nitrogen and oxygen atoms in total. The molecule has 0 bridgehead atoms. The molecule has 1 aliphatic rings. The first-order chi connectivity index (χ1) is 10.1. The van der Waals surface area contributed by atoms with E-state index in [2.05, 4.69) is 10.4 Å². The van der Waals surface area contributed by atoms with Crippen LogP contribution in [0.4, 0.5) is 5.69 Å². The quantitative estimate of drug-likeness (QED) is 0.902. The molecule has 2 unspecified atom stereocenters. The first-order valence-electron chi connectivity index (χ1n) is 7.09. The number of carboxylic acid groups (broad SMARTS) is 1. The number of anilines is 1. The van der Waals surface area contributed by atoms with Crippen molar-refractivity contribution in [2.45, 2.75) is 26.3 Å². The number of carbonyl (C=O) groups is 2. The highest BCUT2D eigenvalue weighted by atomic mass is 16.4. The van der Waals surface area contributed by atoms with Gasteiger partial charge in [0.15, 0.2) is 0 Å². The number of hydrogen-bond acceptors (Lipinski definition) is 3. The van der Waals surface area contributed by atoms with Gasteiger partial charge in [-0.3, -0.25) is 14.3 Å². The molecule has 1 saturated carbocycles. The Morgan fingerprint density at radius 1 is 1.38 bits per heavy atom. The Morgan fingerprint density at radius 2 is 2.14 bits per heavy atom. The van der Waals surface area contributed by atoms with Gasteiger partial charge in [-0.25, -0.2) is 0 Å². The summed E-state index contributed by atoms with van der Waals surface area (Å²) in [4.78, 5) is 23.1. The maximum absolute atomic E-state index is 12.1. The van der Waals surface area contributed by atoms with Crippen LogP contribution in [-0.2, 0) is 16.1 Å². The molecule has 1 heterocycles. The number of nitrogens with one attached hydrogen (secondary N) is 1. The lowest BCUT2D eigenvalue weighted by molar-refractivity contribution is -0.151. The molecule has 0 saturated heterocycles. The summed E-state index contributed by atoms with van der Waals surface area (Å²) in [6, 6.07) is 5.59. The zero-order valence-corrected chi connectivity index (χ0v) is 11.7. The Balaban J connectivity index is 1.78. The normalized spacial score (nSPS) is 21.0. The fourth-order valence-corrected chi connectivity index (χ4v) is 2.74. The van der Waals surface area contributed by atoms with E-state index in [-0.39, 0.29) is 5.91 Å². The monoisotopic (exact) mass is 287 g/mol. The van der Waals surface area contributed by atoms with Crippen LogP contribution in [0.1, 0.15) is 19.8 Å². The number of aliphatic carboxylic acids is 1. The van der Waals surface area contributed by atoms with E-state index >= 15 is 0 Å². The number of carbonyl (C=O) groups excluding carboxylic acids is 1. The summed E-state index contributed by atoms with van der Waals surface area (Å²) in [5.41, 5.74) is 1.64. The second kappa shape index (κ2) is 5.20. The number of hydrogen-bond donors (Lipinski definition) is 2. The number of amides is 1. The summed E-state index contributed by atoms with van der Waals surface area (Å²) in [5, 5.41) is 17.1. The van der Waals surface area contributed by atoms with Gasteiger partial charge >= 0.3 is 5.97 Å². The average molecular weight is 287 g/mol. The lowest BCUT2D eigenvalue weighted by Gasteiger charge is -2.31. The summed E-state index contributed by atoms with van der Waals surface area (Å²) in [6.45, 7) is 2.76. The minimum atomic E-state index is -0.888. The molecule has 2 N–H and O–H groups in total. The van der Waals surface area contributed by atoms with Crippen LogP contribution in [0, 0.1) is 11.8 Å². The molecule has 0 spiro atoms. The molecule has 6 heteroatoms. The molecule has 1 aromatic carbocycles. The van der Waals surface area contributed by atoms with Gasteiger partial charge in [0.2, 0.25) is 5.91 Å². The number of benzene rings is 1. The van der Waals surface area contributed by atoms with E-state index in [1.807, 2.05) is 29.8 Å². The second-order valence-corrected chi connectivity index (χ2v) is 5.35. The van der Waals surface area contributed by atoms with E-state index in [4.69, 9.17) is 5.11 Å². The molecule has 1 amide bonds. The van der Waals surface area contributed by atoms with E-state index in [0.29, 0.717) is 18.5 Å². The van der Waals surface area contributed by atoms with Gasteiger partial charge in [-0.1, -0.05) is 0 Å². The molecular weight excluding hydrogens is 270 g/mol. The van der Waals surface area contributed by atoms with Crippen LogP contribution in [0.25, 0.3) is 10.9 Å². The number of aryl methyl sites for hydroxylation is 1. The predicted octanol–water partition coefficient (Wildman–Crippen LogP) is 2.11. The minimum Gasteiger partial charge on any atom is -0.481 e. The maximum Gasteiger partial charge on any atom is 0.307 e. The lowest BCUT2D eigenvalue weighted by atomic mass is 9.73. The Hall–Kier alpha value is -2.37. The summed E-state index contributed by atoms with van der Waals surface area (Å²) < 4.78 is 1.86. The third-order valence-corrected chi connectivity index (χ3v) is 4.14. The molecule has 3 rings (SSSR count). The highest BCUT2D eigenvalue weighted by Crippen LogP contribution is 2.35. The van der Waals surface area contributed by atoms with Gasteiger partial charge in [-0.2, -0.15) is 5.10 Å². The number of rotatable bonds is 4. The summed E-state index contributed by atoms with van der Waals surface area (Å²) in [6.07, 6.45) is 3.00. The van der Waals surface area contributed by atoms with Gasteiger partial charge in [0.05, 0.1) is 23.5 Å². The van der Waals surface area contributed by atoms with Crippen LogP contribution in [-0.4, -0.2) is 26.8 Å². The highest BCUT2D eigenvalue weighted by Gasteiger charge is 2.41. The summed E-state index contributed by atoms with van der Waals surface area (Å²) in [5.74, 6) is -2.07. The van der Waals surface area contributed by atoms with Gasteiger partial charge in [-0.15, -0.1) is 0 Å². The van der Waals surface area contributed by atoms with Crippen LogP contribution < -0.4 is 5.32 Å². The van der Waals surface area contributed by atoms with Crippen LogP contribution >= 0.6 is 0 Å². The molecular formula is C15H17N3O3.